The highest BCUT2D eigenvalue weighted by atomic mass is 35.5. The summed E-state index contributed by atoms with van der Waals surface area (Å²) >= 11 is 6.11. The van der Waals surface area contributed by atoms with Gasteiger partial charge in [-0.1, -0.05) is 115 Å². The summed E-state index contributed by atoms with van der Waals surface area (Å²) in [6.07, 6.45) is 1.18. The number of rotatable bonds is 13. The molecule has 0 spiro atoms. The molecule has 0 aliphatic rings. The van der Waals surface area contributed by atoms with Crippen molar-refractivity contribution in [3.63, 3.8) is 0 Å². The van der Waals surface area contributed by atoms with Gasteiger partial charge in [0.15, 0.2) is 17.5 Å². The number of carbonyl (C=O) groups excluding carboxylic acids is 1. The summed E-state index contributed by atoms with van der Waals surface area (Å²) < 4.78 is 22.7. The van der Waals surface area contributed by atoms with Crippen LogP contribution in [0, 0.1) is 5.82 Å². The molecule has 11 heteroatoms. The average molecular weight is 726 g/mol. The lowest BCUT2D eigenvalue weighted by atomic mass is 9.77. The second-order valence-electron chi connectivity index (χ2n) is 12.8. The second kappa shape index (κ2) is 15.6. The van der Waals surface area contributed by atoms with Crippen LogP contribution in [0.1, 0.15) is 22.3 Å². The van der Waals surface area contributed by atoms with E-state index in [1.165, 1.54) is 0 Å². The van der Waals surface area contributed by atoms with Crippen molar-refractivity contribution in [2.45, 2.75) is 12.0 Å². The lowest BCUT2D eigenvalue weighted by molar-refractivity contribution is -0.115. The number of hydrogen-bond acceptors (Lipinski definition) is 7. The van der Waals surface area contributed by atoms with E-state index in [2.05, 4.69) is 57.0 Å². The molecule has 53 heavy (non-hydrogen) atoms. The molecule has 2 N–H and O–H groups in total. The molecular weight excluding hydrogens is 689 g/mol. The summed E-state index contributed by atoms with van der Waals surface area (Å²) in [5.74, 6) is -0.616. The normalized spacial score (nSPS) is 11.5. The van der Waals surface area contributed by atoms with Gasteiger partial charge >= 0.3 is 6.01 Å². The SMILES string of the molecule is CN(C)CCOc1ncc(F)c(Nc2ccc3c(c2)c(NC(=O)Cc2ccc(Cl)cc2)nn3C(c2ccccc2)(c2ccccc2)c2ccccc2)n1. The Morgan fingerprint density at radius 1 is 0.830 bits per heavy atom. The number of hydrogen-bond donors (Lipinski definition) is 2. The van der Waals surface area contributed by atoms with Crippen LogP contribution in [0.15, 0.2) is 140 Å². The maximum atomic E-state index is 15.1. The zero-order valence-electron chi connectivity index (χ0n) is 29.2. The smallest absolute Gasteiger partial charge is 0.318 e. The quantitative estimate of drug-likeness (QED) is 0.115. The van der Waals surface area contributed by atoms with Crippen LogP contribution in [0.5, 0.6) is 6.01 Å². The molecule has 0 aliphatic heterocycles. The van der Waals surface area contributed by atoms with Crippen molar-refractivity contribution < 1.29 is 13.9 Å². The molecule has 9 nitrogen and oxygen atoms in total. The van der Waals surface area contributed by atoms with Gasteiger partial charge in [-0.25, -0.2) is 14.1 Å². The minimum atomic E-state index is -0.965. The van der Waals surface area contributed by atoms with Crippen molar-refractivity contribution in [3.05, 3.63) is 173 Å². The molecular formula is C42H37ClFN7O2. The predicted molar refractivity (Wildman–Crippen MR) is 207 cm³/mol. The minimum absolute atomic E-state index is 0.0490. The van der Waals surface area contributed by atoms with E-state index in [0.29, 0.717) is 35.1 Å². The molecule has 7 aromatic rings. The highest BCUT2D eigenvalue weighted by Gasteiger charge is 2.41. The number of anilines is 3. The van der Waals surface area contributed by atoms with E-state index in [4.69, 9.17) is 21.4 Å². The van der Waals surface area contributed by atoms with Crippen LogP contribution >= 0.6 is 11.6 Å². The van der Waals surface area contributed by atoms with Gasteiger partial charge in [0.05, 0.1) is 18.1 Å². The van der Waals surface area contributed by atoms with Gasteiger partial charge in [0.2, 0.25) is 5.91 Å². The van der Waals surface area contributed by atoms with Crippen LogP contribution in [-0.2, 0) is 16.8 Å². The van der Waals surface area contributed by atoms with Gasteiger partial charge in [-0.05, 0) is 66.7 Å². The van der Waals surface area contributed by atoms with Crippen molar-refractivity contribution in [2.24, 2.45) is 0 Å². The van der Waals surface area contributed by atoms with Crippen molar-refractivity contribution in [2.75, 3.05) is 37.9 Å². The summed E-state index contributed by atoms with van der Waals surface area (Å²) in [5.41, 5.74) is 3.98. The Morgan fingerprint density at radius 2 is 1.43 bits per heavy atom. The van der Waals surface area contributed by atoms with Crippen LogP contribution in [0.25, 0.3) is 10.9 Å². The fraction of sp³-hybridized carbons (Fsp3) is 0.143. The molecule has 0 radical (unpaired) electrons. The van der Waals surface area contributed by atoms with E-state index >= 15 is 4.39 Å². The molecule has 2 heterocycles. The molecule has 5 aromatic carbocycles. The van der Waals surface area contributed by atoms with Gasteiger partial charge in [-0.2, -0.15) is 10.1 Å². The van der Waals surface area contributed by atoms with Gasteiger partial charge in [-0.15, -0.1) is 0 Å². The molecule has 1 amide bonds. The maximum Gasteiger partial charge on any atom is 0.318 e. The van der Waals surface area contributed by atoms with E-state index in [1.807, 2.05) is 109 Å². The summed E-state index contributed by atoms with van der Waals surface area (Å²) in [6, 6.07) is 43.3. The number of carbonyl (C=O) groups is 1. The molecule has 0 atom stereocenters. The van der Waals surface area contributed by atoms with Crippen LogP contribution in [-0.4, -0.2) is 57.8 Å². The van der Waals surface area contributed by atoms with Crippen molar-refractivity contribution in [1.29, 1.82) is 0 Å². The van der Waals surface area contributed by atoms with Gasteiger partial charge in [0.1, 0.15) is 12.1 Å². The third kappa shape index (κ3) is 7.60. The molecule has 266 valence electrons. The molecule has 0 unspecified atom stereocenters. The first-order chi connectivity index (χ1) is 25.8. The average Bonchev–Trinajstić information content (AvgIpc) is 3.52. The second-order valence-corrected chi connectivity index (χ2v) is 13.2. The van der Waals surface area contributed by atoms with Gasteiger partial charge in [0, 0.05) is 22.6 Å². The third-order valence-electron chi connectivity index (χ3n) is 8.86. The largest absolute Gasteiger partial charge is 0.462 e. The molecule has 0 bridgehead atoms. The number of nitrogens with one attached hydrogen (secondary N) is 2. The van der Waals surface area contributed by atoms with Gasteiger partial charge < -0.3 is 20.3 Å². The number of aromatic nitrogens is 4. The van der Waals surface area contributed by atoms with E-state index in [1.54, 1.807) is 12.1 Å². The lowest BCUT2D eigenvalue weighted by Crippen LogP contribution is -2.38. The van der Waals surface area contributed by atoms with Crippen LogP contribution in [0.2, 0.25) is 5.02 Å². The molecule has 2 aromatic heterocycles. The fourth-order valence-corrected chi connectivity index (χ4v) is 6.50. The zero-order chi connectivity index (χ0) is 36.8. The standard InChI is InChI=1S/C42H37ClFN7O2/c1-50(2)24-25-53-41-45-28-36(44)40(48-41)46-34-22-23-37-35(27-34)39(47-38(52)26-29-18-20-33(43)21-19-29)49-51(37)42(30-12-6-3-7-13-30,31-14-8-4-9-15-31)32-16-10-5-11-17-32/h3-23,27-28H,24-26H2,1-2H3,(H,45,46,48)(H,47,49,52). The number of halogens is 2. The molecule has 0 saturated heterocycles. The molecule has 0 aliphatic carbocycles. The Hall–Kier alpha value is -6.10. The summed E-state index contributed by atoms with van der Waals surface area (Å²) in [4.78, 5) is 23.9. The number of nitrogens with zero attached hydrogens (tertiary/aromatic N) is 5. The minimum Gasteiger partial charge on any atom is -0.462 e. The highest BCUT2D eigenvalue weighted by Crippen LogP contribution is 2.44. The zero-order valence-corrected chi connectivity index (χ0v) is 30.0. The van der Waals surface area contributed by atoms with Crippen LogP contribution < -0.4 is 15.4 Å². The maximum absolute atomic E-state index is 15.1. The number of likely N-dealkylation sites (N-methyl/N-ethyl adjacent to an activating group) is 1. The van der Waals surface area contributed by atoms with E-state index in [0.717, 1.165) is 34.0 Å². The van der Waals surface area contributed by atoms with Gasteiger partial charge in [-0.3, -0.25) is 4.79 Å². The Kier molecular flexibility index (Phi) is 10.4. The number of fused-ring (bicyclic) bond motifs is 1. The number of ether oxygens (including phenoxy) is 1. The van der Waals surface area contributed by atoms with Crippen molar-refractivity contribution >= 4 is 45.7 Å². The topological polar surface area (TPSA) is 97.2 Å². The fourth-order valence-electron chi connectivity index (χ4n) is 6.38. The van der Waals surface area contributed by atoms with Crippen molar-refractivity contribution in [1.82, 2.24) is 24.6 Å². The number of benzene rings is 5. The highest BCUT2D eigenvalue weighted by molar-refractivity contribution is 6.30. The monoisotopic (exact) mass is 725 g/mol. The molecule has 0 fully saturated rings. The predicted octanol–water partition coefficient (Wildman–Crippen LogP) is 8.32. The van der Waals surface area contributed by atoms with E-state index in [-0.39, 0.29) is 24.2 Å². The van der Waals surface area contributed by atoms with Crippen LogP contribution in [0.3, 0.4) is 0 Å². The van der Waals surface area contributed by atoms with Crippen LogP contribution in [0.4, 0.5) is 21.7 Å². The Morgan fingerprint density at radius 3 is 2.02 bits per heavy atom. The third-order valence-corrected chi connectivity index (χ3v) is 9.11. The van der Waals surface area contributed by atoms with Gasteiger partial charge in [0.25, 0.3) is 0 Å². The Labute approximate surface area is 312 Å². The van der Waals surface area contributed by atoms with E-state index in [9.17, 15) is 4.79 Å². The Bertz CT molecular complexity index is 2220. The summed E-state index contributed by atoms with van der Waals surface area (Å²) in [6.45, 7) is 0.987. The lowest BCUT2D eigenvalue weighted by Gasteiger charge is -2.37. The number of amides is 1. The summed E-state index contributed by atoms with van der Waals surface area (Å²) in [7, 11) is 3.86. The first-order valence-corrected chi connectivity index (χ1v) is 17.5. The van der Waals surface area contributed by atoms with E-state index < -0.39 is 11.4 Å². The molecule has 7 rings (SSSR count). The Balaban J connectivity index is 1.39. The van der Waals surface area contributed by atoms with Crippen molar-refractivity contribution in [3.8, 4) is 6.01 Å². The summed E-state index contributed by atoms with van der Waals surface area (Å²) in [5, 5.41) is 12.6. The first kappa shape index (κ1) is 35.3. The first-order valence-electron chi connectivity index (χ1n) is 17.1. The molecule has 0 saturated carbocycles.